The average Bonchev–Trinajstić information content (AvgIpc) is 3.25. The van der Waals surface area contributed by atoms with Gasteiger partial charge in [-0.1, -0.05) is 18.2 Å². The standard InChI is InChI=1S/C24H18F7NO5/c25-22(23(26,27)28,24(29,30)31)15-2-3-16-11(10-15)1-4-18-17(16)5-6-32(18)19(33)12-7-13(20(34)35)9-14(8-12)21(36)37/h2-3,7-10,17-18H,1,4-6H2,(H,34,35)(H,36,37)/t17-,18+/m0/s1. The summed E-state index contributed by atoms with van der Waals surface area (Å²) in [5.74, 6) is -4.01. The van der Waals surface area contributed by atoms with Crippen LogP contribution in [0.5, 0.6) is 0 Å². The van der Waals surface area contributed by atoms with Gasteiger partial charge in [0.25, 0.3) is 5.91 Å². The first-order chi connectivity index (χ1) is 17.1. The number of hydrogen-bond acceptors (Lipinski definition) is 3. The number of nitrogens with zero attached hydrogens (tertiary/aromatic N) is 1. The molecular formula is C24H18F7NO5. The van der Waals surface area contributed by atoms with Crippen LogP contribution in [0.3, 0.4) is 0 Å². The van der Waals surface area contributed by atoms with Crippen molar-refractivity contribution in [2.75, 3.05) is 6.54 Å². The number of carbonyl (C=O) groups excluding carboxylic acids is 1. The third kappa shape index (κ3) is 4.29. The van der Waals surface area contributed by atoms with Crippen LogP contribution >= 0.6 is 0 Å². The molecule has 1 heterocycles. The van der Waals surface area contributed by atoms with Gasteiger partial charge in [0.15, 0.2) is 0 Å². The summed E-state index contributed by atoms with van der Waals surface area (Å²) in [6.45, 7) is 0.132. The Bertz CT molecular complexity index is 1240. The van der Waals surface area contributed by atoms with Crippen molar-refractivity contribution >= 4 is 17.8 Å². The Morgan fingerprint density at radius 3 is 1.84 bits per heavy atom. The van der Waals surface area contributed by atoms with Gasteiger partial charge in [0.2, 0.25) is 0 Å². The first kappa shape index (κ1) is 26.4. The van der Waals surface area contributed by atoms with Crippen LogP contribution in [0.2, 0.25) is 0 Å². The lowest BCUT2D eigenvalue weighted by molar-refractivity contribution is -0.348. The molecule has 2 aromatic rings. The molecule has 4 rings (SSSR count). The fourth-order valence-electron chi connectivity index (χ4n) is 5.18. The summed E-state index contributed by atoms with van der Waals surface area (Å²) < 4.78 is 93.6. The molecule has 6 nitrogen and oxygen atoms in total. The second-order valence-corrected chi connectivity index (χ2v) is 8.98. The summed E-state index contributed by atoms with van der Waals surface area (Å²) in [6.07, 6.45) is -12.0. The van der Waals surface area contributed by atoms with Gasteiger partial charge in [0.1, 0.15) is 0 Å². The number of hydrogen-bond donors (Lipinski definition) is 2. The van der Waals surface area contributed by atoms with Crippen molar-refractivity contribution in [3.05, 3.63) is 69.8 Å². The van der Waals surface area contributed by atoms with Gasteiger partial charge in [-0.25, -0.2) is 14.0 Å². The molecule has 2 atom stereocenters. The fourth-order valence-corrected chi connectivity index (χ4v) is 5.18. The lowest BCUT2D eigenvalue weighted by Gasteiger charge is -2.35. The normalized spacial score (nSPS) is 19.8. The van der Waals surface area contributed by atoms with E-state index in [1.165, 1.54) is 4.90 Å². The number of halogens is 7. The van der Waals surface area contributed by atoms with Gasteiger partial charge in [-0.3, -0.25) is 4.79 Å². The largest absolute Gasteiger partial charge is 0.478 e. The van der Waals surface area contributed by atoms with Crippen LogP contribution in [0, 0.1) is 0 Å². The zero-order valence-electron chi connectivity index (χ0n) is 18.7. The number of rotatable bonds is 4. The maximum absolute atomic E-state index is 14.5. The predicted molar refractivity (Wildman–Crippen MR) is 112 cm³/mol. The lowest BCUT2D eigenvalue weighted by Crippen LogP contribution is -2.50. The first-order valence-electron chi connectivity index (χ1n) is 10.9. The van der Waals surface area contributed by atoms with Crippen LogP contribution in [-0.4, -0.2) is 57.9 Å². The Kier molecular flexibility index (Phi) is 6.24. The summed E-state index contributed by atoms with van der Waals surface area (Å²) in [5, 5.41) is 18.5. The molecule has 2 N–H and O–H groups in total. The minimum atomic E-state index is -6.23. The topological polar surface area (TPSA) is 94.9 Å². The number of carboxylic acids is 2. The van der Waals surface area contributed by atoms with Crippen LogP contribution < -0.4 is 0 Å². The van der Waals surface area contributed by atoms with Crippen molar-refractivity contribution in [2.45, 2.75) is 49.2 Å². The van der Waals surface area contributed by atoms with Gasteiger partial charge in [-0.2, -0.15) is 26.3 Å². The van der Waals surface area contributed by atoms with E-state index >= 15 is 0 Å². The molecule has 0 bridgehead atoms. The second kappa shape index (κ2) is 8.73. The van der Waals surface area contributed by atoms with Crippen LogP contribution in [0.15, 0.2) is 36.4 Å². The molecule has 1 amide bonds. The number of aromatic carboxylic acids is 2. The number of amides is 1. The minimum absolute atomic E-state index is 0.0323. The molecule has 0 saturated carbocycles. The Morgan fingerprint density at radius 2 is 1.32 bits per heavy atom. The van der Waals surface area contributed by atoms with Crippen molar-refractivity contribution < 1.29 is 55.3 Å². The van der Waals surface area contributed by atoms with Gasteiger partial charge in [-0.05, 0) is 48.6 Å². The molecule has 1 fully saturated rings. The Hall–Kier alpha value is -3.64. The third-order valence-corrected chi connectivity index (χ3v) is 6.91. The molecule has 0 radical (unpaired) electrons. The van der Waals surface area contributed by atoms with E-state index in [1.54, 1.807) is 0 Å². The van der Waals surface area contributed by atoms with Crippen molar-refractivity contribution in [3.63, 3.8) is 0 Å². The molecule has 0 aromatic heterocycles. The molecule has 0 spiro atoms. The number of alkyl halides is 7. The molecule has 0 unspecified atom stereocenters. The van der Waals surface area contributed by atoms with E-state index in [9.17, 15) is 55.3 Å². The molecule has 198 valence electrons. The van der Waals surface area contributed by atoms with Crippen LogP contribution in [0.4, 0.5) is 30.7 Å². The number of carboxylic acid groups (broad SMARTS) is 2. The Morgan fingerprint density at radius 1 is 0.784 bits per heavy atom. The quantitative estimate of drug-likeness (QED) is 0.519. The number of benzene rings is 2. The van der Waals surface area contributed by atoms with Gasteiger partial charge in [-0.15, -0.1) is 0 Å². The average molecular weight is 533 g/mol. The summed E-state index contributed by atoms with van der Waals surface area (Å²) in [6, 6.07) is 4.50. The lowest BCUT2D eigenvalue weighted by atomic mass is 9.77. The smallest absolute Gasteiger partial charge is 0.435 e. The van der Waals surface area contributed by atoms with E-state index in [4.69, 9.17) is 0 Å². The zero-order valence-corrected chi connectivity index (χ0v) is 18.7. The van der Waals surface area contributed by atoms with Gasteiger partial charge in [0, 0.05) is 29.6 Å². The molecule has 13 heteroatoms. The van der Waals surface area contributed by atoms with Crippen LogP contribution in [0.25, 0.3) is 0 Å². The van der Waals surface area contributed by atoms with Gasteiger partial charge < -0.3 is 15.1 Å². The zero-order chi connectivity index (χ0) is 27.5. The molecule has 1 aliphatic carbocycles. The van der Waals surface area contributed by atoms with E-state index in [2.05, 4.69) is 0 Å². The fraction of sp³-hybridized carbons (Fsp3) is 0.375. The molecule has 1 aliphatic heterocycles. The molecule has 2 aliphatic rings. The molecule has 1 saturated heterocycles. The van der Waals surface area contributed by atoms with E-state index in [0.29, 0.717) is 24.1 Å². The number of likely N-dealkylation sites (tertiary alicyclic amines) is 1. The van der Waals surface area contributed by atoms with Crippen molar-refractivity contribution in [3.8, 4) is 0 Å². The summed E-state index contributed by atoms with van der Waals surface area (Å²) in [7, 11) is 0. The molecular weight excluding hydrogens is 515 g/mol. The highest BCUT2D eigenvalue weighted by atomic mass is 19.4. The van der Waals surface area contributed by atoms with Gasteiger partial charge >= 0.3 is 30.0 Å². The van der Waals surface area contributed by atoms with E-state index in [-0.39, 0.29) is 30.5 Å². The monoisotopic (exact) mass is 533 g/mol. The summed E-state index contributed by atoms with van der Waals surface area (Å²) in [4.78, 5) is 37.3. The Balaban J connectivity index is 1.66. The van der Waals surface area contributed by atoms with Crippen LogP contribution in [-0.2, 0) is 12.1 Å². The summed E-state index contributed by atoms with van der Waals surface area (Å²) in [5.41, 5.74) is -7.61. The highest BCUT2D eigenvalue weighted by molar-refractivity contribution is 6.01. The SMILES string of the molecule is O=C(O)c1cc(C(=O)O)cc(C(=O)N2CC[C@H]3c4ccc(C(F)(C(F)(F)F)C(F)(F)F)cc4CC[C@H]32)c1. The highest BCUT2D eigenvalue weighted by Crippen LogP contribution is 2.54. The Labute approximate surface area is 204 Å². The predicted octanol–water partition coefficient (Wildman–Crippen LogP) is 5.32. The van der Waals surface area contributed by atoms with Crippen molar-refractivity contribution in [1.82, 2.24) is 4.90 Å². The number of fused-ring (bicyclic) bond motifs is 3. The molecule has 2 aromatic carbocycles. The van der Waals surface area contributed by atoms with Gasteiger partial charge in [0.05, 0.1) is 11.1 Å². The van der Waals surface area contributed by atoms with E-state index in [0.717, 1.165) is 24.3 Å². The number of aryl methyl sites for hydroxylation is 1. The van der Waals surface area contributed by atoms with E-state index < -0.39 is 64.5 Å². The highest BCUT2D eigenvalue weighted by Gasteiger charge is 2.73. The van der Waals surface area contributed by atoms with Crippen LogP contribution in [0.1, 0.15) is 66.5 Å². The molecule has 37 heavy (non-hydrogen) atoms. The third-order valence-electron chi connectivity index (χ3n) is 6.91. The first-order valence-corrected chi connectivity index (χ1v) is 10.9. The second-order valence-electron chi connectivity index (χ2n) is 8.98. The van der Waals surface area contributed by atoms with Crippen molar-refractivity contribution in [1.29, 1.82) is 0 Å². The van der Waals surface area contributed by atoms with Crippen molar-refractivity contribution in [2.24, 2.45) is 0 Å². The minimum Gasteiger partial charge on any atom is -0.478 e. The summed E-state index contributed by atoms with van der Waals surface area (Å²) >= 11 is 0. The maximum Gasteiger partial charge on any atom is 0.435 e. The maximum atomic E-state index is 14.5. The number of carbonyl (C=O) groups is 3. The van der Waals surface area contributed by atoms with E-state index in [1.807, 2.05) is 0 Å².